The fourth-order valence-corrected chi connectivity index (χ4v) is 1.97. The van der Waals surface area contributed by atoms with Gasteiger partial charge in [0.2, 0.25) is 5.82 Å². The van der Waals surface area contributed by atoms with Crippen molar-refractivity contribution in [3.05, 3.63) is 48.7 Å². The van der Waals surface area contributed by atoms with E-state index in [4.69, 9.17) is 11.0 Å². The zero-order chi connectivity index (χ0) is 12.5. The van der Waals surface area contributed by atoms with E-state index in [1.165, 1.54) is 0 Å². The summed E-state index contributed by atoms with van der Waals surface area (Å²) < 4.78 is 1.73. The van der Waals surface area contributed by atoms with Crippen LogP contribution in [0.25, 0.3) is 16.6 Å². The molecule has 3 rings (SSSR count). The average molecular weight is 235 g/mol. The number of rotatable bonds is 1. The first-order chi connectivity index (χ1) is 8.81. The van der Waals surface area contributed by atoms with Crippen molar-refractivity contribution in [2.24, 2.45) is 0 Å². The molecule has 0 aliphatic carbocycles. The largest absolute Gasteiger partial charge is 0.397 e. The molecule has 5 heteroatoms. The van der Waals surface area contributed by atoms with Crippen LogP contribution in [0.1, 0.15) is 5.82 Å². The molecule has 0 unspecified atom stereocenters. The quantitative estimate of drug-likeness (QED) is 0.653. The van der Waals surface area contributed by atoms with Crippen LogP contribution in [0.2, 0.25) is 0 Å². The second-order valence-corrected chi connectivity index (χ2v) is 3.81. The summed E-state index contributed by atoms with van der Waals surface area (Å²) >= 11 is 0. The molecule has 0 aliphatic rings. The van der Waals surface area contributed by atoms with Gasteiger partial charge in [-0.15, -0.1) is 0 Å². The van der Waals surface area contributed by atoms with Gasteiger partial charge < -0.3 is 5.73 Å². The molecule has 0 fully saturated rings. The molecule has 0 amide bonds. The number of pyridine rings is 1. The number of nitriles is 1. The lowest BCUT2D eigenvalue weighted by Crippen LogP contribution is -1.99. The minimum atomic E-state index is 0.338. The van der Waals surface area contributed by atoms with Crippen LogP contribution < -0.4 is 5.73 Å². The molecule has 0 spiro atoms. The Balaban J connectivity index is 2.38. The highest BCUT2D eigenvalue weighted by molar-refractivity contribution is 5.94. The Morgan fingerprint density at radius 1 is 1.17 bits per heavy atom. The van der Waals surface area contributed by atoms with E-state index in [1.807, 2.05) is 18.2 Å². The Morgan fingerprint density at radius 3 is 2.89 bits per heavy atom. The van der Waals surface area contributed by atoms with Gasteiger partial charge in [-0.05, 0) is 12.1 Å². The lowest BCUT2D eigenvalue weighted by Gasteiger charge is -2.08. The van der Waals surface area contributed by atoms with E-state index in [0.29, 0.717) is 11.5 Å². The Kier molecular flexibility index (Phi) is 2.21. The third-order valence-electron chi connectivity index (χ3n) is 2.78. The topological polar surface area (TPSA) is 80.5 Å². The molecule has 0 atom stereocenters. The van der Waals surface area contributed by atoms with Gasteiger partial charge in [0.25, 0.3) is 0 Å². The Bertz CT molecular complexity index is 766. The highest BCUT2D eigenvalue weighted by Crippen LogP contribution is 2.25. The zero-order valence-electron chi connectivity index (χ0n) is 9.41. The van der Waals surface area contributed by atoms with Crippen molar-refractivity contribution in [3.8, 4) is 11.8 Å². The number of anilines is 1. The monoisotopic (exact) mass is 235 g/mol. The standard InChI is InChI=1S/C13H9N5/c14-8-12-16-6-7-18(12)11-4-5-17-13-9(11)2-1-3-10(13)15/h1-7H,15H2. The summed E-state index contributed by atoms with van der Waals surface area (Å²) in [6.45, 7) is 0. The van der Waals surface area contributed by atoms with Crippen molar-refractivity contribution in [2.45, 2.75) is 0 Å². The van der Waals surface area contributed by atoms with Gasteiger partial charge >= 0.3 is 0 Å². The van der Waals surface area contributed by atoms with Crippen molar-refractivity contribution in [1.82, 2.24) is 14.5 Å². The lowest BCUT2D eigenvalue weighted by molar-refractivity contribution is 1.03. The summed E-state index contributed by atoms with van der Waals surface area (Å²) in [7, 11) is 0. The zero-order valence-corrected chi connectivity index (χ0v) is 9.41. The second kappa shape index (κ2) is 3.86. The summed E-state index contributed by atoms with van der Waals surface area (Å²) in [5.74, 6) is 0.338. The van der Waals surface area contributed by atoms with Crippen molar-refractivity contribution < 1.29 is 0 Å². The second-order valence-electron chi connectivity index (χ2n) is 3.81. The minimum absolute atomic E-state index is 0.338. The molecule has 0 aliphatic heterocycles. The number of hydrogen-bond acceptors (Lipinski definition) is 4. The summed E-state index contributed by atoms with van der Waals surface area (Å²) in [5.41, 5.74) is 8.09. The summed E-state index contributed by atoms with van der Waals surface area (Å²) in [5, 5.41) is 9.92. The predicted molar refractivity (Wildman–Crippen MR) is 68.0 cm³/mol. The molecule has 2 aromatic heterocycles. The van der Waals surface area contributed by atoms with Gasteiger partial charge in [-0.3, -0.25) is 9.55 Å². The Hall–Kier alpha value is -2.87. The minimum Gasteiger partial charge on any atom is -0.397 e. The molecule has 0 bridgehead atoms. The van der Waals surface area contributed by atoms with Crippen molar-refractivity contribution in [2.75, 3.05) is 5.73 Å². The van der Waals surface area contributed by atoms with Gasteiger partial charge in [0.05, 0.1) is 16.9 Å². The van der Waals surface area contributed by atoms with Gasteiger partial charge in [0.15, 0.2) is 0 Å². The van der Waals surface area contributed by atoms with E-state index in [1.54, 1.807) is 29.2 Å². The molecule has 0 saturated carbocycles. The Morgan fingerprint density at radius 2 is 2.06 bits per heavy atom. The normalized spacial score (nSPS) is 10.4. The van der Waals surface area contributed by atoms with Gasteiger partial charge in [0.1, 0.15) is 6.07 Å². The van der Waals surface area contributed by atoms with E-state index >= 15 is 0 Å². The van der Waals surface area contributed by atoms with Crippen molar-refractivity contribution in [3.63, 3.8) is 0 Å². The number of nitrogen functional groups attached to an aromatic ring is 1. The van der Waals surface area contributed by atoms with Gasteiger partial charge in [0, 0.05) is 24.0 Å². The summed E-state index contributed by atoms with van der Waals surface area (Å²) in [6, 6.07) is 9.49. The smallest absolute Gasteiger partial charge is 0.217 e. The van der Waals surface area contributed by atoms with Crippen LogP contribution in [-0.4, -0.2) is 14.5 Å². The fraction of sp³-hybridized carbons (Fsp3) is 0. The van der Waals surface area contributed by atoms with Gasteiger partial charge in [-0.2, -0.15) is 5.26 Å². The van der Waals surface area contributed by atoms with Crippen LogP contribution in [0.5, 0.6) is 0 Å². The lowest BCUT2D eigenvalue weighted by atomic mass is 10.1. The highest BCUT2D eigenvalue weighted by Gasteiger charge is 2.09. The van der Waals surface area contributed by atoms with E-state index < -0.39 is 0 Å². The SMILES string of the molecule is N#Cc1nccn1-c1ccnc2c(N)cccc12. The Labute approximate surface area is 103 Å². The number of hydrogen-bond donors (Lipinski definition) is 1. The van der Waals surface area contributed by atoms with Crippen LogP contribution >= 0.6 is 0 Å². The third kappa shape index (κ3) is 1.40. The molecule has 1 aromatic carbocycles. The number of benzene rings is 1. The fourth-order valence-electron chi connectivity index (χ4n) is 1.97. The molecule has 18 heavy (non-hydrogen) atoms. The summed E-state index contributed by atoms with van der Waals surface area (Å²) in [6.07, 6.45) is 5.02. The first-order valence-corrected chi connectivity index (χ1v) is 5.38. The molecule has 86 valence electrons. The van der Waals surface area contributed by atoms with Crippen LogP contribution in [0, 0.1) is 11.3 Å². The molecule has 0 saturated heterocycles. The number of nitrogens with two attached hydrogens (primary N) is 1. The van der Waals surface area contributed by atoms with Crippen molar-refractivity contribution >= 4 is 16.6 Å². The molecular weight excluding hydrogens is 226 g/mol. The molecule has 2 N–H and O–H groups in total. The molecule has 3 aromatic rings. The van der Waals surface area contributed by atoms with Gasteiger partial charge in [-0.25, -0.2) is 4.98 Å². The third-order valence-corrected chi connectivity index (χ3v) is 2.78. The maximum Gasteiger partial charge on any atom is 0.217 e. The highest BCUT2D eigenvalue weighted by atomic mass is 15.1. The molecule has 2 heterocycles. The van der Waals surface area contributed by atoms with Crippen LogP contribution in [0.4, 0.5) is 5.69 Å². The first kappa shape index (κ1) is 10.3. The molecule has 0 radical (unpaired) electrons. The number of aromatic nitrogens is 3. The number of nitrogens with zero attached hydrogens (tertiary/aromatic N) is 4. The van der Waals surface area contributed by atoms with Crippen LogP contribution in [-0.2, 0) is 0 Å². The maximum atomic E-state index is 9.02. The predicted octanol–water partition coefficient (Wildman–Crippen LogP) is 1.87. The first-order valence-electron chi connectivity index (χ1n) is 5.38. The van der Waals surface area contributed by atoms with Crippen LogP contribution in [0.3, 0.4) is 0 Å². The van der Waals surface area contributed by atoms with Gasteiger partial charge in [-0.1, -0.05) is 12.1 Å². The van der Waals surface area contributed by atoms with E-state index in [9.17, 15) is 0 Å². The number of imidazole rings is 1. The molecule has 5 nitrogen and oxygen atoms in total. The maximum absolute atomic E-state index is 9.02. The summed E-state index contributed by atoms with van der Waals surface area (Å²) in [4.78, 5) is 8.26. The van der Waals surface area contributed by atoms with Crippen LogP contribution in [0.15, 0.2) is 42.9 Å². The molecular formula is C13H9N5. The van der Waals surface area contributed by atoms with E-state index in [2.05, 4.69) is 16.0 Å². The number of fused-ring (bicyclic) bond motifs is 1. The average Bonchev–Trinajstić information content (AvgIpc) is 2.87. The van der Waals surface area contributed by atoms with E-state index in [-0.39, 0.29) is 0 Å². The van der Waals surface area contributed by atoms with E-state index in [0.717, 1.165) is 16.6 Å². The van der Waals surface area contributed by atoms with Crippen molar-refractivity contribution in [1.29, 1.82) is 5.26 Å². The number of para-hydroxylation sites is 1.